The number of nitrogens with zero attached hydrogens (tertiary/aromatic N) is 4. The van der Waals surface area contributed by atoms with Gasteiger partial charge in [0.2, 0.25) is 0 Å². The highest BCUT2D eigenvalue weighted by molar-refractivity contribution is 6.09. The van der Waals surface area contributed by atoms with Gasteiger partial charge in [-0.1, -0.05) is 0 Å². The fourth-order valence-corrected chi connectivity index (χ4v) is 5.58. The van der Waals surface area contributed by atoms with Gasteiger partial charge < -0.3 is 30.0 Å². The molecule has 0 bridgehead atoms. The van der Waals surface area contributed by atoms with E-state index in [4.69, 9.17) is 4.98 Å². The molecule has 1 saturated heterocycles. The van der Waals surface area contributed by atoms with Crippen LogP contribution in [0.3, 0.4) is 0 Å². The van der Waals surface area contributed by atoms with Gasteiger partial charge in [-0.2, -0.15) is 0 Å². The number of aromatic amines is 1. The van der Waals surface area contributed by atoms with Crippen molar-refractivity contribution < 1.29 is 4.79 Å². The minimum Gasteiger partial charge on any atom is -0.354 e. The van der Waals surface area contributed by atoms with E-state index in [1.165, 1.54) is 0 Å². The van der Waals surface area contributed by atoms with Crippen LogP contribution in [0.4, 0.5) is 5.82 Å². The number of likely N-dealkylation sites (N-methyl/N-ethyl adjacent to an activating group) is 1. The molecule has 1 aliphatic heterocycles. The average Bonchev–Trinajstić information content (AvgIpc) is 3.27. The molecule has 4 heterocycles. The third-order valence-corrected chi connectivity index (χ3v) is 8.20. The van der Waals surface area contributed by atoms with E-state index in [0.717, 1.165) is 77.4 Å². The molecule has 1 aliphatic rings. The number of aromatic nitrogens is 3. The molecule has 216 valence electrons. The van der Waals surface area contributed by atoms with Gasteiger partial charge in [-0.15, -0.1) is 0 Å². The zero-order valence-electron chi connectivity index (χ0n) is 25.0. The summed E-state index contributed by atoms with van der Waals surface area (Å²) in [6, 6.07) is 10.5. The van der Waals surface area contributed by atoms with Crippen LogP contribution >= 0.6 is 0 Å². The third kappa shape index (κ3) is 6.06. The lowest BCUT2D eigenvalue weighted by molar-refractivity contribution is 0.0952. The minimum absolute atomic E-state index is 0.157. The Balaban J connectivity index is 1.54. The quantitative estimate of drug-likeness (QED) is 0.307. The van der Waals surface area contributed by atoms with E-state index in [1.807, 2.05) is 39.1 Å². The maximum Gasteiger partial charge on any atom is 0.253 e. The number of fused-ring (bicyclic) bond motifs is 1. The van der Waals surface area contributed by atoms with E-state index < -0.39 is 0 Å². The molecule has 0 spiro atoms. The number of carbonyl (C=O) groups is 1. The number of anilines is 1. The lowest BCUT2D eigenvalue weighted by atomic mass is 9.98. The Kier molecular flexibility index (Phi) is 8.28. The summed E-state index contributed by atoms with van der Waals surface area (Å²) in [5.74, 6) is 0.759. The number of H-pyrrole nitrogens is 1. The van der Waals surface area contributed by atoms with Crippen molar-refractivity contribution >= 4 is 22.6 Å². The molecule has 9 heteroatoms. The van der Waals surface area contributed by atoms with Gasteiger partial charge in [0.1, 0.15) is 5.82 Å². The number of carbonyl (C=O) groups excluding carboxylic acids is 1. The topological polar surface area (TPSA) is 98.3 Å². The zero-order valence-corrected chi connectivity index (χ0v) is 25.0. The average molecular weight is 556 g/mol. The summed E-state index contributed by atoms with van der Waals surface area (Å²) in [5.41, 5.74) is 6.60. The Bertz CT molecular complexity index is 1610. The Labute approximate surface area is 241 Å². The van der Waals surface area contributed by atoms with Crippen LogP contribution in [0.1, 0.15) is 39.7 Å². The van der Waals surface area contributed by atoms with E-state index in [9.17, 15) is 9.59 Å². The maximum atomic E-state index is 13.8. The number of pyridine rings is 2. The Morgan fingerprint density at radius 2 is 1.83 bits per heavy atom. The highest BCUT2D eigenvalue weighted by Crippen LogP contribution is 2.32. The fourth-order valence-electron chi connectivity index (χ4n) is 5.58. The predicted octanol–water partition coefficient (Wildman–Crippen LogP) is 3.61. The Morgan fingerprint density at radius 3 is 2.49 bits per heavy atom. The molecule has 41 heavy (non-hydrogen) atoms. The van der Waals surface area contributed by atoms with Crippen molar-refractivity contribution in [1.29, 1.82) is 0 Å². The number of piperazine rings is 1. The summed E-state index contributed by atoms with van der Waals surface area (Å²) in [6.45, 7) is 12.7. The van der Waals surface area contributed by atoms with Crippen LogP contribution in [0, 0.1) is 20.8 Å². The maximum absolute atomic E-state index is 13.8. The van der Waals surface area contributed by atoms with Gasteiger partial charge in [-0.25, -0.2) is 4.98 Å². The highest BCUT2D eigenvalue weighted by Gasteiger charge is 2.20. The lowest BCUT2D eigenvalue weighted by Crippen LogP contribution is -2.43. The van der Waals surface area contributed by atoms with Crippen molar-refractivity contribution in [3.05, 3.63) is 81.0 Å². The lowest BCUT2D eigenvalue weighted by Gasteiger charge is -2.28. The van der Waals surface area contributed by atoms with Gasteiger partial charge in [0.05, 0.1) is 0 Å². The molecule has 3 N–H and O–H groups in total. The van der Waals surface area contributed by atoms with Crippen molar-refractivity contribution in [2.45, 2.75) is 46.8 Å². The number of nitrogens with one attached hydrogen (secondary N) is 3. The number of hydrogen-bond donors (Lipinski definition) is 3. The van der Waals surface area contributed by atoms with Gasteiger partial charge >= 0.3 is 0 Å². The van der Waals surface area contributed by atoms with Gasteiger partial charge in [0, 0.05) is 91.0 Å². The highest BCUT2D eigenvalue weighted by atomic mass is 16.1. The van der Waals surface area contributed by atoms with E-state index in [0.29, 0.717) is 17.2 Å². The van der Waals surface area contributed by atoms with Gasteiger partial charge in [-0.05, 0) is 88.8 Å². The second kappa shape index (κ2) is 11.9. The molecule has 0 aliphatic carbocycles. The van der Waals surface area contributed by atoms with Gasteiger partial charge in [0.25, 0.3) is 11.5 Å². The normalized spacial score (nSPS) is 14.6. The molecule has 1 aromatic carbocycles. The van der Waals surface area contributed by atoms with Crippen molar-refractivity contribution in [2.24, 2.45) is 0 Å². The molecular weight excluding hydrogens is 514 g/mol. The molecule has 3 aromatic heterocycles. The van der Waals surface area contributed by atoms with Crippen molar-refractivity contribution in [3.63, 3.8) is 0 Å². The van der Waals surface area contributed by atoms with Gasteiger partial charge in [0.15, 0.2) is 0 Å². The van der Waals surface area contributed by atoms with Gasteiger partial charge in [-0.3, -0.25) is 9.59 Å². The largest absolute Gasteiger partial charge is 0.354 e. The fraction of sp³-hybridized carbons (Fsp3) is 0.406. The van der Waals surface area contributed by atoms with Crippen molar-refractivity contribution in [2.75, 3.05) is 45.2 Å². The van der Waals surface area contributed by atoms with Crippen LogP contribution in [0.5, 0.6) is 0 Å². The van der Waals surface area contributed by atoms with E-state index in [-0.39, 0.29) is 18.0 Å². The third-order valence-electron chi connectivity index (χ3n) is 8.20. The number of hydrogen-bond acceptors (Lipinski definition) is 6. The van der Waals surface area contributed by atoms with Crippen LogP contribution in [-0.2, 0) is 13.1 Å². The molecule has 5 rings (SSSR count). The standard InChI is InChI=1S/C32H41N7O2/c1-20-13-22(3)36-32(41)27(20)17-35-31(40)26-14-25(24-7-8-29(34-16-24)38-11-9-33-10-12-38)15-28-30(26)21(2)18-39(28)19-23(4)37(5)6/h7-8,13-16,18,23,33H,9-12,17,19H2,1-6H3,(H,35,40)(H,36,41). The molecule has 1 amide bonds. The number of aryl methyl sites for hydroxylation is 3. The predicted molar refractivity (Wildman–Crippen MR) is 166 cm³/mol. The van der Waals surface area contributed by atoms with E-state index in [2.05, 4.69) is 75.4 Å². The summed E-state index contributed by atoms with van der Waals surface area (Å²) < 4.78 is 2.24. The summed E-state index contributed by atoms with van der Waals surface area (Å²) >= 11 is 0. The molecule has 0 radical (unpaired) electrons. The van der Waals surface area contributed by atoms with E-state index >= 15 is 0 Å². The Hall–Kier alpha value is -3.95. The molecule has 1 fully saturated rings. The van der Waals surface area contributed by atoms with Crippen molar-refractivity contribution in [3.8, 4) is 11.1 Å². The number of amides is 1. The first-order valence-electron chi connectivity index (χ1n) is 14.3. The van der Waals surface area contributed by atoms with Crippen LogP contribution in [0.25, 0.3) is 22.0 Å². The van der Waals surface area contributed by atoms with E-state index in [1.54, 1.807) is 0 Å². The van der Waals surface area contributed by atoms with Crippen LogP contribution in [0.15, 0.2) is 47.5 Å². The molecule has 4 aromatic rings. The minimum atomic E-state index is -0.205. The molecular formula is C32H41N7O2. The first kappa shape index (κ1) is 28.6. The SMILES string of the molecule is Cc1cc(C)c(CNC(=O)c2cc(-c3ccc(N4CCNCC4)nc3)cc3c2c(C)cn3CC(C)N(C)C)c(=O)[nH]1. The molecule has 9 nitrogen and oxygen atoms in total. The smallest absolute Gasteiger partial charge is 0.253 e. The zero-order chi connectivity index (χ0) is 29.3. The summed E-state index contributed by atoms with van der Waals surface area (Å²) in [7, 11) is 4.15. The molecule has 1 unspecified atom stereocenters. The number of rotatable bonds is 8. The number of benzene rings is 1. The first-order chi connectivity index (χ1) is 19.6. The van der Waals surface area contributed by atoms with Crippen molar-refractivity contribution in [1.82, 2.24) is 30.1 Å². The molecule has 0 saturated carbocycles. The van der Waals surface area contributed by atoms with Crippen LogP contribution < -0.4 is 21.1 Å². The monoisotopic (exact) mass is 555 g/mol. The molecule has 1 atom stereocenters. The van der Waals surface area contributed by atoms with Crippen LogP contribution in [0.2, 0.25) is 0 Å². The second-order valence-corrected chi connectivity index (χ2v) is 11.5. The Morgan fingerprint density at radius 1 is 1.07 bits per heavy atom. The second-order valence-electron chi connectivity index (χ2n) is 11.5. The van der Waals surface area contributed by atoms with Crippen LogP contribution in [-0.4, -0.2) is 71.7 Å². The first-order valence-corrected chi connectivity index (χ1v) is 14.3. The summed E-state index contributed by atoms with van der Waals surface area (Å²) in [4.78, 5) is 38.5. The summed E-state index contributed by atoms with van der Waals surface area (Å²) in [5, 5.41) is 7.34. The summed E-state index contributed by atoms with van der Waals surface area (Å²) in [6.07, 6.45) is 4.03.